The van der Waals surface area contributed by atoms with Crippen LogP contribution in [0.5, 0.6) is 0 Å². The van der Waals surface area contributed by atoms with E-state index in [1.54, 1.807) is 0 Å². The molecule has 4 heteroatoms. The van der Waals surface area contributed by atoms with Crippen LogP contribution in [-0.4, -0.2) is 42.3 Å². The van der Waals surface area contributed by atoms with Crippen molar-refractivity contribution in [3.63, 3.8) is 0 Å². The molecule has 0 aliphatic rings. The normalized spacial score (nSPS) is 12.8. The van der Waals surface area contributed by atoms with Gasteiger partial charge in [0, 0.05) is 13.1 Å². The summed E-state index contributed by atoms with van der Waals surface area (Å²) in [4.78, 5) is 0. The Bertz CT molecular complexity index is 232. The molecule has 0 atom stereocenters. The van der Waals surface area contributed by atoms with E-state index in [1.807, 2.05) is 0 Å². The van der Waals surface area contributed by atoms with Gasteiger partial charge >= 0.3 is 0 Å². The summed E-state index contributed by atoms with van der Waals surface area (Å²) in [6.45, 7) is 19.2. The summed E-state index contributed by atoms with van der Waals surface area (Å²) in [5, 5.41) is 7.28. The van der Waals surface area contributed by atoms with Gasteiger partial charge in [0.1, 0.15) is 0 Å². The van der Waals surface area contributed by atoms with E-state index in [-0.39, 0.29) is 0 Å². The van der Waals surface area contributed by atoms with Crippen LogP contribution in [0.4, 0.5) is 0 Å². The molecule has 0 spiro atoms. The summed E-state index contributed by atoms with van der Waals surface area (Å²) >= 11 is 0. The fraction of sp³-hybridized carbons (Fsp3) is 1.00. The maximum atomic E-state index is 3.64. The van der Waals surface area contributed by atoms with E-state index in [0.29, 0.717) is 0 Å². The number of hydrogen-bond acceptors (Lipinski definition) is 2. The molecule has 0 saturated carbocycles. The minimum atomic E-state index is -0.884. The highest BCUT2D eigenvalue weighted by Crippen LogP contribution is 2.26. The molecule has 2 N–H and O–H groups in total. The van der Waals surface area contributed by atoms with Gasteiger partial charge in [0.15, 0.2) is 0 Å². The third-order valence-corrected chi connectivity index (χ3v) is 18.9. The number of hydrogen-bond donors (Lipinski definition) is 2. The van der Waals surface area contributed by atoms with E-state index in [1.165, 1.54) is 74.3 Å². The van der Waals surface area contributed by atoms with Crippen molar-refractivity contribution >= 4 is 16.1 Å². The van der Waals surface area contributed by atoms with Crippen molar-refractivity contribution in [3.05, 3.63) is 0 Å². The third kappa shape index (κ3) is 9.16. The van der Waals surface area contributed by atoms with Crippen LogP contribution in [0.15, 0.2) is 0 Å². The van der Waals surface area contributed by atoms with E-state index in [2.05, 4.69) is 52.2 Å². The second-order valence-electron chi connectivity index (χ2n) is 7.83. The number of rotatable bonds is 17. The van der Waals surface area contributed by atoms with Crippen LogP contribution in [0.25, 0.3) is 0 Å². The largest absolute Gasteiger partial charge is 0.315 e. The minimum Gasteiger partial charge on any atom is -0.315 e. The molecular weight excluding hydrogens is 324 g/mol. The standard InChI is InChI=1S/C20H48N2Si2/c1-7-23(8-2,9-3)19-13-15-21-17-18-22-16-14-20-24(10-4,11-5)12-6/h21-22H,7-20H2,1-6H3. The van der Waals surface area contributed by atoms with Crippen molar-refractivity contribution in [3.8, 4) is 0 Å². The Hall–Kier alpha value is 0.354. The Morgan fingerprint density at radius 3 is 1.00 bits per heavy atom. The van der Waals surface area contributed by atoms with Gasteiger partial charge < -0.3 is 10.6 Å². The summed E-state index contributed by atoms with van der Waals surface area (Å²) in [5.41, 5.74) is 0. The van der Waals surface area contributed by atoms with E-state index in [9.17, 15) is 0 Å². The first kappa shape index (κ1) is 24.4. The molecule has 0 aromatic carbocycles. The molecule has 0 aliphatic carbocycles. The van der Waals surface area contributed by atoms with Crippen molar-refractivity contribution in [1.82, 2.24) is 10.6 Å². The molecule has 146 valence electrons. The molecule has 0 saturated heterocycles. The zero-order valence-corrected chi connectivity index (χ0v) is 19.9. The molecule has 0 bridgehead atoms. The van der Waals surface area contributed by atoms with Gasteiger partial charge in [-0.05, 0) is 25.9 Å². The zero-order chi connectivity index (χ0) is 18.3. The molecule has 0 radical (unpaired) electrons. The Morgan fingerprint density at radius 1 is 0.458 bits per heavy atom. The topological polar surface area (TPSA) is 24.1 Å². The summed E-state index contributed by atoms with van der Waals surface area (Å²) in [5.74, 6) is 0. The summed E-state index contributed by atoms with van der Waals surface area (Å²) in [6, 6.07) is 11.9. The zero-order valence-electron chi connectivity index (χ0n) is 17.9. The van der Waals surface area contributed by atoms with Crippen LogP contribution in [0.2, 0.25) is 48.4 Å². The molecule has 0 aromatic heterocycles. The summed E-state index contributed by atoms with van der Waals surface area (Å²) in [6.07, 6.45) is 2.78. The van der Waals surface area contributed by atoms with E-state index in [0.717, 1.165) is 13.1 Å². The first-order valence-electron chi connectivity index (χ1n) is 11.0. The van der Waals surface area contributed by atoms with Crippen molar-refractivity contribution < 1.29 is 0 Å². The first-order valence-corrected chi connectivity index (χ1v) is 16.6. The highest BCUT2D eigenvalue weighted by atomic mass is 28.3. The fourth-order valence-corrected chi connectivity index (χ4v) is 11.1. The number of nitrogens with one attached hydrogen (secondary N) is 2. The lowest BCUT2D eigenvalue weighted by molar-refractivity contribution is 0.599. The molecule has 0 amide bonds. The van der Waals surface area contributed by atoms with Crippen LogP contribution in [-0.2, 0) is 0 Å². The van der Waals surface area contributed by atoms with E-state index >= 15 is 0 Å². The van der Waals surface area contributed by atoms with Gasteiger partial charge in [0.2, 0.25) is 0 Å². The minimum absolute atomic E-state index is 0.884. The molecular formula is C20H48N2Si2. The van der Waals surface area contributed by atoms with Crippen LogP contribution in [0, 0.1) is 0 Å². The first-order chi connectivity index (χ1) is 11.6. The molecule has 24 heavy (non-hydrogen) atoms. The molecule has 0 fully saturated rings. The van der Waals surface area contributed by atoms with E-state index in [4.69, 9.17) is 0 Å². The van der Waals surface area contributed by atoms with Gasteiger partial charge in [-0.15, -0.1) is 0 Å². The highest BCUT2D eigenvalue weighted by molar-refractivity contribution is 6.80. The smallest absolute Gasteiger partial charge is 0.0528 e. The van der Waals surface area contributed by atoms with E-state index < -0.39 is 16.1 Å². The monoisotopic (exact) mass is 372 g/mol. The predicted molar refractivity (Wildman–Crippen MR) is 119 cm³/mol. The molecule has 0 rings (SSSR count). The quantitative estimate of drug-likeness (QED) is 0.243. The lowest BCUT2D eigenvalue weighted by atomic mass is 10.4. The maximum absolute atomic E-state index is 3.64. The summed E-state index contributed by atoms with van der Waals surface area (Å²) < 4.78 is 0. The second-order valence-corrected chi connectivity index (χ2v) is 19.1. The second kappa shape index (κ2) is 14.5. The van der Waals surface area contributed by atoms with Crippen LogP contribution in [0.1, 0.15) is 54.4 Å². The summed E-state index contributed by atoms with van der Waals surface area (Å²) in [7, 11) is -1.77. The van der Waals surface area contributed by atoms with Crippen molar-refractivity contribution in [2.75, 3.05) is 26.2 Å². The van der Waals surface area contributed by atoms with Gasteiger partial charge in [-0.2, -0.15) is 0 Å². The lowest BCUT2D eigenvalue weighted by Crippen LogP contribution is -2.34. The van der Waals surface area contributed by atoms with Crippen LogP contribution in [0.3, 0.4) is 0 Å². The van der Waals surface area contributed by atoms with Crippen molar-refractivity contribution in [2.24, 2.45) is 0 Å². The molecule has 0 heterocycles. The predicted octanol–water partition coefficient (Wildman–Crippen LogP) is 5.96. The molecule has 0 aromatic rings. The highest BCUT2D eigenvalue weighted by Gasteiger charge is 2.26. The Labute approximate surface area is 156 Å². The van der Waals surface area contributed by atoms with Crippen LogP contribution < -0.4 is 10.6 Å². The SMILES string of the molecule is CC[Si](CC)(CC)CCCNCCNCCC[Si](CC)(CC)CC. The van der Waals surface area contributed by atoms with Gasteiger partial charge in [-0.3, -0.25) is 0 Å². The van der Waals surface area contributed by atoms with Crippen molar-refractivity contribution in [1.29, 1.82) is 0 Å². The molecule has 0 aliphatic heterocycles. The lowest BCUT2D eigenvalue weighted by Gasteiger charge is -2.28. The maximum Gasteiger partial charge on any atom is 0.0528 e. The van der Waals surface area contributed by atoms with Crippen molar-refractivity contribution in [2.45, 2.75) is 103 Å². The Kier molecular flexibility index (Phi) is 14.7. The van der Waals surface area contributed by atoms with Gasteiger partial charge in [-0.1, -0.05) is 89.9 Å². The van der Waals surface area contributed by atoms with Gasteiger partial charge in [0.25, 0.3) is 0 Å². The Balaban J connectivity index is 3.58. The van der Waals surface area contributed by atoms with Gasteiger partial charge in [-0.25, -0.2) is 0 Å². The average Bonchev–Trinajstić information content (AvgIpc) is 2.64. The fourth-order valence-electron chi connectivity index (χ4n) is 4.16. The molecule has 0 unspecified atom stereocenters. The average molecular weight is 373 g/mol. The Morgan fingerprint density at radius 2 is 0.750 bits per heavy atom. The third-order valence-electron chi connectivity index (χ3n) is 7.10. The van der Waals surface area contributed by atoms with Crippen LogP contribution >= 0.6 is 0 Å². The van der Waals surface area contributed by atoms with Gasteiger partial charge in [0.05, 0.1) is 16.1 Å². The molecule has 2 nitrogen and oxygen atoms in total.